The van der Waals surface area contributed by atoms with Gasteiger partial charge in [-0.1, -0.05) is 15.9 Å². The average molecular weight is 356 g/mol. The first-order chi connectivity index (χ1) is 9.49. The van der Waals surface area contributed by atoms with Crippen molar-refractivity contribution in [2.75, 3.05) is 13.1 Å². The highest BCUT2D eigenvalue weighted by Gasteiger charge is 2.22. The Kier molecular flexibility index (Phi) is 4.65. The van der Waals surface area contributed by atoms with Crippen molar-refractivity contribution in [2.24, 2.45) is 0 Å². The Morgan fingerprint density at radius 3 is 2.70 bits per heavy atom. The average Bonchev–Trinajstić information content (AvgIpc) is 2.74. The molecular formula is C14H18BrN3OS. The Hall–Kier alpha value is -1.14. The van der Waals surface area contributed by atoms with E-state index in [-0.39, 0.29) is 11.9 Å². The van der Waals surface area contributed by atoms with E-state index in [4.69, 9.17) is 12.2 Å². The van der Waals surface area contributed by atoms with Crippen LogP contribution in [0.15, 0.2) is 22.7 Å². The SMILES string of the molecule is CCN(CC)C(=O)C(C)n1c(=S)[nH]c2ccc(Br)cc21. The third kappa shape index (κ3) is 2.67. The fraction of sp³-hybridized carbons (Fsp3) is 0.429. The predicted molar refractivity (Wildman–Crippen MR) is 87.5 cm³/mol. The molecule has 0 radical (unpaired) electrons. The number of likely N-dealkylation sites (N-methyl/N-ethyl adjacent to an activating group) is 1. The first-order valence-electron chi connectivity index (χ1n) is 6.68. The summed E-state index contributed by atoms with van der Waals surface area (Å²) >= 11 is 8.83. The second-order valence-corrected chi connectivity index (χ2v) is 5.95. The number of halogens is 1. The largest absolute Gasteiger partial charge is 0.341 e. The second-order valence-electron chi connectivity index (χ2n) is 4.65. The van der Waals surface area contributed by atoms with E-state index in [9.17, 15) is 4.79 Å². The second kappa shape index (κ2) is 6.10. The first-order valence-corrected chi connectivity index (χ1v) is 7.88. The van der Waals surface area contributed by atoms with Crippen molar-refractivity contribution in [1.82, 2.24) is 14.5 Å². The summed E-state index contributed by atoms with van der Waals surface area (Å²) in [4.78, 5) is 17.5. The van der Waals surface area contributed by atoms with Gasteiger partial charge in [-0.05, 0) is 51.2 Å². The highest BCUT2D eigenvalue weighted by atomic mass is 79.9. The number of amides is 1. The molecule has 1 amide bonds. The molecule has 1 aromatic carbocycles. The highest BCUT2D eigenvalue weighted by Crippen LogP contribution is 2.24. The molecule has 4 nitrogen and oxygen atoms in total. The van der Waals surface area contributed by atoms with E-state index in [1.807, 2.05) is 48.4 Å². The van der Waals surface area contributed by atoms with Crippen molar-refractivity contribution in [3.05, 3.63) is 27.4 Å². The fourth-order valence-corrected chi connectivity index (χ4v) is 3.10. The van der Waals surface area contributed by atoms with E-state index in [1.165, 1.54) is 0 Å². The van der Waals surface area contributed by atoms with Crippen molar-refractivity contribution >= 4 is 45.1 Å². The zero-order valence-corrected chi connectivity index (χ0v) is 14.2. The van der Waals surface area contributed by atoms with Gasteiger partial charge in [0.05, 0.1) is 11.0 Å². The summed E-state index contributed by atoms with van der Waals surface area (Å²) < 4.78 is 3.43. The number of carbonyl (C=O) groups excluding carboxylic acids is 1. The van der Waals surface area contributed by atoms with Gasteiger partial charge >= 0.3 is 0 Å². The van der Waals surface area contributed by atoms with Crippen LogP contribution < -0.4 is 0 Å². The molecule has 0 bridgehead atoms. The quantitative estimate of drug-likeness (QED) is 0.845. The molecule has 0 saturated carbocycles. The molecule has 0 aliphatic rings. The van der Waals surface area contributed by atoms with Gasteiger partial charge in [0.15, 0.2) is 4.77 Å². The van der Waals surface area contributed by atoms with Crippen LogP contribution in [0.25, 0.3) is 11.0 Å². The zero-order valence-electron chi connectivity index (χ0n) is 11.8. The van der Waals surface area contributed by atoms with Crippen LogP contribution in [0.3, 0.4) is 0 Å². The summed E-state index contributed by atoms with van der Waals surface area (Å²) in [6.45, 7) is 7.28. The van der Waals surface area contributed by atoms with Crippen LogP contribution in [-0.2, 0) is 4.79 Å². The maximum atomic E-state index is 12.5. The summed E-state index contributed by atoms with van der Waals surface area (Å²) in [6, 6.07) is 5.58. The Balaban J connectivity index is 2.51. The molecule has 0 spiro atoms. The molecule has 2 rings (SSSR count). The molecule has 2 aromatic rings. The van der Waals surface area contributed by atoms with Crippen LogP contribution in [0.1, 0.15) is 26.8 Å². The van der Waals surface area contributed by atoms with Gasteiger partial charge in [-0.15, -0.1) is 0 Å². The van der Waals surface area contributed by atoms with Crippen molar-refractivity contribution < 1.29 is 4.79 Å². The van der Waals surface area contributed by atoms with Gasteiger partial charge in [-0.25, -0.2) is 0 Å². The van der Waals surface area contributed by atoms with Crippen molar-refractivity contribution in [3.8, 4) is 0 Å². The monoisotopic (exact) mass is 355 g/mol. The molecule has 20 heavy (non-hydrogen) atoms. The summed E-state index contributed by atoms with van der Waals surface area (Å²) in [5.41, 5.74) is 1.88. The third-order valence-electron chi connectivity index (χ3n) is 3.50. The maximum absolute atomic E-state index is 12.5. The van der Waals surface area contributed by atoms with Crippen molar-refractivity contribution in [3.63, 3.8) is 0 Å². The normalized spacial score (nSPS) is 12.6. The standard InChI is InChI=1S/C14H18BrN3OS/c1-4-17(5-2)13(19)9(3)18-12-8-10(15)6-7-11(12)16-14(18)20/h6-9H,4-5H2,1-3H3,(H,16,20). The van der Waals surface area contributed by atoms with Crippen LogP contribution in [0.4, 0.5) is 0 Å². The number of aromatic nitrogens is 2. The van der Waals surface area contributed by atoms with Gasteiger partial charge in [-0.3, -0.25) is 4.79 Å². The van der Waals surface area contributed by atoms with Crippen LogP contribution >= 0.6 is 28.1 Å². The fourth-order valence-electron chi connectivity index (χ4n) is 2.39. The van der Waals surface area contributed by atoms with Gasteiger partial charge in [0.1, 0.15) is 6.04 Å². The molecule has 1 N–H and O–H groups in total. The summed E-state index contributed by atoms with van der Waals surface area (Å²) in [7, 11) is 0. The number of nitrogens with zero attached hydrogens (tertiary/aromatic N) is 2. The van der Waals surface area contributed by atoms with E-state index >= 15 is 0 Å². The molecular weight excluding hydrogens is 338 g/mol. The molecule has 0 aliphatic carbocycles. The number of imidazole rings is 1. The van der Waals surface area contributed by atoms with Crippen molar-refractivity contribution in [2.45, 2.75) is 26.8 Å². The Morgan fingerprint density at radius 1 is 1.45 bits per heavy atom. The number of hydrogen-bond donors (Lipinski definition) is 1. The summed E-state index contributed by atoms with van der Waals surface area (Å²) in [5.74, 6) is 0.0898. The highest BCUT2D eigenvalue weighted by molar-refractivity contribution is 9.10. The van der Waals surface area contributed by atoms with E-state index in [0.29, 0.717) is 17.9 Å². The minimum Gasteiger partial charge on any atom is -0.341 e. The van der Waals surface area contributed by atoms with Gasteiger partial charge in [0.25, 0.3) is 0 Å². The Bertz CT molecular complexity index is 687. The number of benzene rings is 1. The molecule has 1 heterocycles. The molecule has 108 valence electrons. The lowest BCUT2D eigenvalue weighted by Crippen LogP contribution is -2.36. The lowest BCUT2D eigenvalue weighted by molar-refractivity contribution is -0.133. The van der Waals surface area contributed by atoms with Gasteiger partial charge in [-0.2, -0.15) is 0 Å². The van der Waals surface area contributed by atoms with Gasteiger partial charge < -0.3 is 14.5 Å². The number of H-pyrrole nitrogens is 1. The number of fused-ring (bicyclic) bond motifs is 1. The maximum Gasteiger partial charge on any atom is 0.245 e. The van der Waals surface area contributed by atoms with Crippen LogP contribution in [0.2, 0.25) is 0 Å². The van der Waals surface area contributed by atoms with Crippen LogP contribution in [0.5, 0.6) is 0 Å². The van der Waals surface area contributed by atoms with Gasteiger partial charge in [0.2, 0.25) is 5.91 Å². The molecule has 0 aliphatic heterocycles. The molecule has 1 aromatic heterocycles. The van der Waals surface area contributed by atoms with E-state index in [2.05, 4.69) is 20.9 Å². The molecule has 1 atom stereocenters. The number of aromatic amines is 1. The minimum atomic E-state index is -0.314. The van der Waals surface area contributed by atoms with E-state index in [0.717, 1.165) is 15.5 Å². The van der Waals surface area contributed by atoms with Crippen LogP contribution in [-0.4, -0.2) is 33.4 Å². The van der Waals surface area contributed by atoms with E-state index < -0.39 is 0 Å². The number of rotatable bonds is 4. The number of nitrogens with one attached hydrogen (secondary N) is 1. The number of carbonyl (C=O) groups is 1. The first kappa shape index (κ1) is 15.3. The zero-order chi connectivity index (χ0) is 14.9. The van der Waals surface area contributed by atoms with Crippen molar-refractivity contribution in [1.29, 1.82) is 0 Å². The molecule has 0 saturated heterocycles. The molecule has 1 unspecified atom stereocenters. The smallest absolute Gasteiger partial charge is 0.245 e. The predicted octanol–water partition coefficient (Wildman–Crippen LogP) is 3.89. The third-order valence-corrected chi connectivity index (χ3v) is 4.29. The van der Waals surface area contributed by atoms with E-state index in [1.54, 1.807) is 0 Å². The Morgan fingerprint density at radius 2 is 2.10 bits per heavy atom. The van der Waals surface area contributed by atoms with Crippen LogP contribution in [0, 0.1) is 4.77 Å². The summed E-state index contributed by atoms with van der Waals surface area (Å²) in [5, 5.41) is 0. The number of hydrogen-bond acceptors (Lipinski definition) is 2. The summed E-state index contributed by atoms with van der Waals surface area (Å²) in [6.07, 6.45) is 0. The topological polar surface area (TPSA) is 41.0 Å². The lowest BCUT2D eigenvalue weighted by Gasteiger charge is -2.24. The Labute approximate surface area is 131 Å². The minimum absolute atomic E-state index is 0.0898. The molecule has 0 fully saturated rings. The lowest BCUT2D eigenvalue weighted by atomic mass is 10.2. The van der Waals surface area contributed by atoms with Gasteiger partial charge in [0, 0.05) is 17.6 Å². The molecule has 6 heteroatoms.